The molecule has 1 amide bonds. The minimum absolute atomic E-state index is 0.246. The highest BCUT2D eigenvalue weighted by Gasteiger charge is 2.53. The summed E-state index contributed by atoms with van der Waals surface area (Å²) in [7, 11) is 0. The van der Waals surface area contributed by atoms with Crippen molar-refractivity contribution in [2.24, 2.45) is 0 Å². The van der Waals surface area contributed by atoms with Gasteiger partial charge in [-0.25, -0.2) is 0 Å². The van der Waals surface area contributed by atoms with Crippen molar-refractivity contribution in [3.8, 4) is 0 Å². The van der Waals surface area contributed by atoms with Gasteiger partial charge in [-0.2, -0.15) is 0 Å². The Morgan fingerprint density at radius 2 is 0.767 bits per heavy atom. The predicted molar refractivity (Wildman–Crippen MR) is 351 cm³/mol. The fourth-order valence-corrected chi connectivity index (χ4v) is 11.6. The van der Waals surface area contributed by atoms with Gasteiger partial charge in [0, 0.05) is 6.42 Å². The van der Waals surface area contributed by atoms with E-state index in [0.29, 0.717) is 12.8 Å². The Labute approximate surface area is 540 Å². The van der Waals surface area contributed by atoms with Crippen molar-refractivity contribution in [1.29, 1.82) is 0 Å². The zero-order valence-corrected chi connectivity index (χ0v) is 55.1. The average molecular weight is 1280 g/mol. The molecule has 0 aromatic rings. The Hall–Kier alpha value is -2.77. The van der Waals surface area contributed by atoms with Crippen LogP contribution in [0.25, 0.3) is 0 Å². The summed E-state index contributed by atoms with van der Waals surface area (Å²) >= 11 is 0. The van der Waals surface area contributed by atoms with Crippen LogP contribution in [0.1, 0.15) is 239 Å². The lowest BCUT2D eigenvalue weighted by molar-refractivity contribution is -0.379. The molecular weight excluding hydrogens is 1150 g/mol. The standard InChI is InChI=1S/C71H125NO18/c1-3-5-7-9-11-13-15-17-18-19-20-21-22-23-24-25-26-27-28-29-30-31-32-33-34-35-36-37-39-41-43-45-47-49-59(77)72-54(55(76)48-46-44-42-40-38-16-14-12-10-8-6-4-2)53-85-69-65(83)62(80)67(57(51-74)87-69)90-71-66(84)63(81)68(58(52-75)88-71)89-70-64(82)61(79)60(78)56(50-73)86-70/h5,7,11,13,17-18,20-21,23-24,26-27,54-58,60-71,73-76,78-84H,3-4,6,8-10,12,14-16,19,22,25,28-53H2,1-2H3,(H,72,77)/b7-5-,13-11-,18-17-,21-20-,24-23-,27-26-. The molecule has 0 spiro atoms. The second-order valence-electron chi connectivity index (χ2n) is 25.0. The summed E-state index contributed by atoms with van der Waals surface area (Å²) in [4.78, 5) is 13.4. The van der Waals surface area contributed by atoms with Crippen LogP contribution in [-0.4, -0.2) is 193 Å². The first kappa shape index (κ1) is 81.5. The topological polar surface area (TPSA) is 307 Å². The molecule has 12 N–H and O–H groups in total. The van der Waals surface area contributed by atoms with E-state index in [1.165, 1.54) is 116 Å². The van der Waals surface area contributed by atoms with Gasteiger partial charge in [0.1, 0.15) is 73.2 Å². The van der Waals surface area contributed by atoms with E-state index in [2.05, 4.69) is 92.1 Å². The maximum Gasteiger partial charge on any atom is 0.220 e. The molecular formula is C71H125NO18. The fourth-order valence-electron chi connectivity index (χ4n) is 11.6. The van der Waals surface area contributed by atoms with Crippen molar-refractivity contribution < 1.29 is 89.4 Å². The third-order valence-corrected chi connectivity index (χ3v) is 17.3. The molecule has 3 heterocycles. The van der Waals surface area contributed by atoms with Crippen molar-refractivity contribution >= 4 is 5.91 Å². The molecule has 19 heteroatoms. The molecule has 0 aromatic carbocycles. The third-order valence-electron chi connectivity index (χ3n) is 17.3. The number of hydrogen-bond acceptors (Lipinski definition) is 18. The molecule has 3 fully saturated rings. The number of nitrogens with one attached hydrogen (secondary N) is 1. The Bertz CT molecular complexity index is 1920. The molecule has 19 nitrogen and oxygen atoms in total. The zero-order valence-electron chi connectivity index (χ0n) is 55.1. The minimum Gasteiger partial charge on any atom is -0.394 e. The summed E-state index contributed by atoms with van der Waals surface area (Å²) in [5.74, 6) is -0.246. The second-order valence-corrected chi connectivity index (χ2v) is 25.0. The highest BCUT2D eigenvalue weighted by molar-refractivity contribution is 5.76. The molecule has 3 aliphatic rings. The van der Waals surface area contributed by atoms with Crippen molar-refractivity contribution in [3.05, 3.63) is 72.9 Å². The van der Waals surface area contributed by atoms with Crippen LogP contribution in [-0.2, 0) is 33.2 Å². The van der Waals surface area contributed by atoms with Crippen LogP contribution < -0.4 is 5.32 Å². The Balaban J connectivity index is 1.35. The molecule has 3 aliphatic heterocycles. The van der Waals surface area contributed by atoms with E-state index < -0.39 is 124 Å². The summed E-state index contributed by atoms with van der Waals surface area (Å²) in [5.41, 5.74) is 0. The van der Waals surface area contributed by atoms with Gasteiger partial charge in [-0.15, -0.1) is 0 Å². The van der Waals surface area contributed by atoms with Gasteiger partial charge in [-0.3, -0.25) is 4.79 Å². The SMILES string of the molecule is CC/C=C\C/C=C\C/C=C\C/C=C\C/C=C\C/C=C\CCCCCCCCCCCCCCCCC(=O)NC(COC1OC(CO)C(OC2OC(CO)C(OC3OC(CO)C(O)C(O)C3O)C(O)C2O)C(O)C1O)C(O)CCCCCCCCCCCCCC. The van der Waals surface area contributed by atoms with Crippen molar-refractivity contribution in [2.75, 3.05) is 26.4 Å². The van der Waals surface area contributed by atoms with Crippen LogP contribution in [0.3, 0.4) is 0 Å². The molecule has 3 saturated heterocycles. The van der Waals surface area contributed by atoms with E-state index in [1.807, 2.05) is 0 Å². The number of rotatable bonds is 53. The summed E-state index contributed by atoms with van der Waals surface area (Å²) in [6, 6.07) is -0.889. The molecule has 90 heavy (non-hydrogen) atoms. The number of ether oxygens (including phenoxy) is 6. The molecule has 0 saturated carbocycles. The zero-order chi connectivity index (χ0) is 65.4. The minimum atomic E-state index is -1.97. The van der Waals surface area contributed by atoms with E-state index in [0.717, 1.165) is 89.9 Å². The van der Waals surface area contributed by atoms with Gasteiger partial charge >= 0.3 is 0 Å². The number of amides is 1. The van der Waals surface area contributed by atoms with Gasteiger partial charge in [0.05, 0.1) is 38.6 Å². The maximum atomic E-state index is 13.4. The number of carbonyl (C=O) groups excluding carboxylic acids is 1. The summed E-state index contributed by atoms with van der Waals surface area (Å²) in [6.07, 6.45) is 38.5. The Morgan fingerprint density at radius 1 is 0.411 bits per heavy atom. The van der Waals surface area contributed by atoms with Crippen LogP contribution in [0.4, 0.5) is 0 Å². The number of unbranched alkanes of at least 4 members (excludes halogenated alkanes) is 25. The summed E-state index contributed by atoms with van der Waals surface area (Å²) in [5, 5.41) is 121. The normalized spacial score (nSPS) is 28.5. The lowest BCUT2D eigenvalue weighted by Crippen LogP contribution is -2.66. The molecule has 522 valence electrons. The van der Waals surface area contributed by atoms with E-state index in [-0.39, 0.29) is 18.9 Å². The quantitative estimate of drug-likeness (QED) is 0.0199. The van der Waals surface area contributed by atoms with Gasteiger partial charge in [0.15, 0.2) is 18.9 Å². The number of allylic oxidation sites excluding steroid dienone is 12. The highest BCUT2D eigenvalue weighted by atomic mass is 16.8. The van der Waals surface area contributed by atoms with Gasteiger partial charge in [0.25, 0.3) is 0 Å². The predicted octanol–water partition coefficient (Wildman–Crippen LogP) is 9.33. The Kier molecular flexibility index (Phi) is 47.5. The van der Waals surface area contributed by atoms with Gasteiger partial charge in [0.2, 0.25) is 5.91 Å². The first-order chi connectivity index (χ1) is 43.8. The first-order valence-corrected chi connectivity index (χ1v) is 35.2. The van der Waals surface area contributed by atoms with E-state index in [4.69, 9.17) is 28.4 Å². The van der Waals surface area contributed by atoms with Crippen LogP contribution in [0.5, 0.6) is 0 Å². The summed E-state index contributed by atoms with van der Waals surface area (Å²) in [6.45, 7) is 1.67. The molecule has 0 radical (unpaired) electrons. The molecule has 17 unspecified atom stereocenters. The molecule has 3 rings (SSSR count). The van der Waals surface area contributed by atoms with Crippen molar-refractivity contribution in [3.63, 3.8) is 0 Å². The number of aliphatic hydroxyl groups excluding tert-OH is 11. The van der Waals surface area contributed by atoms with E-state index in [9.17, 15) is 61.0 Å². The largest absolute Gasteiger partial charge is 0.394 e. The van der Waals surface area contributed by atoms with Crippen LogP contribution in [0, 0.1) is 0 Å². The lowest BCUT2D eigenvalue weighted by atomic mass is 9.96. The lowest BCUT2D eigenvalue weighted by Gasteiger charge is -2.48. The maximum absolute atomic E-state index is 13.4. The van der Waals surface area contributed by atoms with Crippen LogP contribution in [0.2, 0.25) is 0 Å². The van der Waals surface area contributed by atoms with E-state index >= 15 is 0 Å². The first-order valence-electron chi connectivity index (χ1n) is 35.2. The molecule has 0 bridgehead atoms. The van der Waals surface area contributed by atoms with Gasteiger partial charge in [-0.05, 0) is 64.2 Å². The van der Waals surface area contributed by atoms with Crippen molar-refractivity contribution in [1.82, 2.24) is 5.32 Å². The van der Waals surface area contributed by atoms with E-state index in [1.54, 1.807) is 0 Å². The summed E-state index contributed by atoms with van der Waals surface area (Å²) < 4.78 is 34.4. The number of hydrogen-bond donors (Lipinski definition) is 12. The van der Waals surface area contributed by atoms with Gasteiger partial charge < -0.3 is 89.9 Å². The highest BCUT2D eigenvalue weighted by Crippen LogP contribution is 2.33. The fraction of sp³-hybridized carbons (Fsp3) is 0.817. The third kappa shape index (κ3) is 34.1. The van der Waals surface area contributed by atoms with Crippen LogP contribution >= 0.6 is 0 Å². The smallest absolute Gasteiger partial charge is 0.220 e. The van der Waals surface area contributed by atoms with Crippen molar-refractivity contribution in [2.45, 2.75) is 343 Å². The molecule has 0 aromatic heterocycles. The number of carbonyl (C=O) groups is 1. The molecule has 17 atom stereocenters. The monoisotopic (exact) mass is 1280 g/mol. The van der Waals surface area contributed by atoms with Crippen LogP contribution in [0.15, 0.2) is 72.9 Å². The number of aliphatic hydroxyl groups is 11. The second kappa shape index (κ2) is 52.5. The Morgan fingerprint density at radius 3 is 1.20 bits per heavy atom. The average Bonchev–Trinajstić information content (AvgIpc) is 0.864. The molecule has 0 aliphatic carbocycles. The van der Waals surface area contributed by atoms with Gasteiger partial charge in [-0.1, -0.05) is 241 Å².